The second-order valence-corrected chi connectivity index (χ2v) is 9.51. The van der Waals surface area contributed by atoms with Crippen molar-refractivity contribution in [2.24, 2.45) is 5.92 Å². The number of hydrogen-bond donors (Lipinski definition) is 3. The summed E-state index contributed by atoms with van der Waals surface area (Å²) in [5, 5.41) is 6.53. The first kappa shape index (κ1) is 24.2. The zero-order valence-corrected chi connectivity index (χ0v) is 20.4. The molecule has 0 spiro atoms. The van der Waals surface area contributed by atoms with E-state index in [1.807, 2.05) is 36.6 Å². The first-order valence-corrected chi connectivity index (χ1v) is 12.0. The van der Waals surface area contributed by atoms with Crippen LogP contribution >= 0.6 is 0 Å². The molecule has 3 aromatic rings. The lowest BCUT2D eigenvalue weighted by Crippen LogP contribution is -2.26. The summed E-state index contributed by atoms with van der Waals surface area (Å²) in [6.45, 7) is 10.1. The highest BCUT2D eigenvalue weighted by Crippen LogP contribution is 2.32. The maximum absolute atomic E-state index is 15.8. The smallest absolute Gasteiger partial charge is 0.277 e. The Kier molecular flexibility index (Phi) is 7.48. The van der Waals surface area contributed by atoms with E-state index in [0.717, 1.165) is 42.6 Å². The Bertz CT molecular complexity index is 1170. The van der Waals surface area contributed by atoms with Gasteiger partial charge in [0, 0.05) is 18.3 Å². The number of nitrogens with zero attached hydrogens (tertiary/aromatic N) is 2. The summed E-state index contributed by atoms with van der Waals surface area (Å²) in [6, 6.07) is 7.95. The van der Waals surface area contributed by atoms with Gasteiger partial charge in [-0.25, -0.2) is 14.9 Å². The Balaban J connectivity index is 1.66. The van der Waals surface area contributed by atoms with Gasteiger partial charge in [0.05, 0.1) is 29.7 Å². The van der Waals surface area contributed by atoms with Crippen LogP contribution in [0.3, 0.4) is 0 Å². The van der Waals surface area contributed by atoms with E-state index in [0.29, 0.717) is 30.6 Å². The number of rotatable bonds is 11. The number of carbonyl (C=O) groups is 1. The molecule has 1 saturated carbocycles. The predicted molar refractivity (Wildman–Crippen MR) is 133 cm³/mol. The van der Waals surface area contributed by atoms with Crippen LogP contribution in [-0.4, -0.2) is 34.7 Å². The number of nitrogens with one attached hydrogen (secondary N) is 3. The van der Waals surface area contributed by atoms with Crippen molar-refractivity contribution in [3.63, 3.8) is 0 Å². The van der Waals surface area contributed by atoms with Gasteiger partial charge in [-0.15, -0.1) is 0 Å². The highest BCUT2D eigenvalue weighted by molar-refractivity contribution is 6.04. The molecule has 1 amide bonds. The molecule has 34 heavy (non-hydrogen) atoms. The number of anilines is 2. The summed E-state index contributed by atoms with van der Waals surface area (Å²) in [5.41, 5.74) is 6.40. The first-order chi connectivity index (χ1) is 16.3. The Labute approximate surface area is 200 Å². The topological polar surface area (TPSA) is 80.2 Å². The third-order valence-electron chi connectivity index (χ3n) is 6.05. The third-order valence-corrected chi connectivity index (χ3v) is 6.05. The Morgan fingerprint density at radius 1 is 1.26 bits per heavy atom. The molecule has 7 nitrogen and oxygen atoms in total. The van der Waals surface area contributed by atoms with Gasteiger partial charge in [-0.1, -0.05) is 31.5 Å². The molecule has 1 fully saturated rings. The Morgan fingerprint density at radius 3 is 2.76 bits per heavy atom. The zero-order valence-electron chi connectivity index (χ0n) is 20.4. The summed E-state index contributed by atoms with van der Waals surface area (Å²) in [4.78, 5) is 22.8. The molecular weight excluding hydrogens is 433 g/mol. The summed E-state index contributed by atoms with van der Waals surface area (Å²) in [5.74, 6) is -0.542. The van der Waals surface area contributed by atoms with Gasteiger partial charge in [0.2, 0.25) is 0 Å². The van der Waals surface area contributed by atoms with Gasteiger partial charge in [-0.3, -0.25) is 9.63 Å². The van der Waals surface area contributed by atoms with Crippen molar-refractivity contribution in [2.45, 2.75) is 59.5 Å². The van der Waals surface area contributed by atoms with Gasteiger partial charge >= 0.3 is 0 Å². The van der Waals surface area contributed by atoms with Crippen LogP contribution in [0.25, 0.3) is 11.0 Å². The molecule has 182 valence electrons. The lowest BCUT2D eigenvalue weighted by Gasteiger charge is -2.16. The van der Waals surface area contributed by atoms with Crippen LogP contribution in [0.2, 0.25) is 0 Å². The predicted octanol–water partition coefficient (Wildman–Crippen LogP) is 5.00. The van der Waals surface area contributed by atoms with Crippen molar-refractivity contribution >= 4 is 28.3 Å². The number of hydrogen-bond acceptors (Lipinski definition) is 5. The number of aryl methyl sites for hydroxylation is 3. The first-order valence-electron chi connectivity index (χ1n) is 12.0. The van der Waals surface area contributed by atoms with Crippen molar-refractivity contribution in [1.82, 2.24) is 20.3 Å². The van der Waals surface area contributed by atoms with Gasteiger partial charge < -0.3 is 15.2 Å². The second-order valence-electron chi connectivity index (χ2n) is 9.51. The van der Waals surface area contributed by atoms with Gasteiger partial charge in [-0.05, 0) is 63.3 Å². The summed E-state index contributed by atoms with van der Waals surface area (Å²) in [7, 11) is 0. The normalized spacial score (nSPS) is 13.6. The van der Waals surface area contributed by atoms with E-state index in [9.17, 15) is 4.79 Å². The maximum atomic E-state index is 15.8. The number of halogens is 1. The van der Waals surface area contributed by atoms with E-state index in [1.54, 1.807) is 12.4 Å². The average molecular weight is 468 g/mol. The molecule has 0 bridgehead atoms. The molecule has 0 saturated heterocycles. The van der Waals surface area contributed by atoms with Crippen LogP contribution in [0.1, 0.15) is 54.6 Å². The number of imidazole rings is 1. The summed E-state index contributed by atoms with van der Waals surface area (Å²) in [6.07, 6.45) is 4.72. The van der Waals surface area contributed by atoms with E-state index in [2.05, 4.69) is 34.9 Å². The molecule has 2 aromatic carbocycles. The number of amides is 1. The average Bonchev–Trinajstić information content (AvgIpc) is 3.52. The number of carbonyl (C=O) groups excluding carboxylic acids is 1. The highest BCUT2D eigenvalue weighted by Gasteiger charge is 2.25. The molecule has 1 aliphatic carbocycles. The third kappa shape index (κ3) is 5.74. The second kappa shape index (κ2) is 10.5. The van der Waals surface area contributed by atoms with Gasteiger partial charge in [-0.2, -0.15) is 0 Å². The van der Waals surface area contributed by atoms with Gasteiger partial charge in [0.25, 0.3) is 5.91 Å². The molecule has 1 aromatic heterocycles. The monoisotopic (exact) mass is 467 g/mol. The van der Waals surface area contributed by atoms with Crippen LogP contribution in [0.5, 0.6) is 0 Å². The zero-order chi connectivity index (χ0) is 24.2. The van der Waals surface area contributed by atoms with Gasteiger partial charge in [0.15, 0.2) is 5.82 Å². The SMILES string of the molecule is Cc1ccc(Nc2c(C(=O)NOCC3CC3)cc3c(ncn3CCCNC(C)C)c2F)c(C)c1. The molecule has 1 aliphatic rings. The van der Waals surface area contributed by atoms with Crippen molar-refractivity contribution in [2.75, 3.05) is 18.5 Å². The van der Waals surface area contributed by atoms with E-state index in [4.69, 9.17) is 4.84 Å². The fourth-order valence-electron chi connectivity index (χ4n) is 3.93. The minimum absolute atomic E-state index is 0.0960. The quantitative estimate of drug-likeness (QED) is 0.273. The van der Waals surface area contributed by atoms with Crippen LogP contribution in [0.4, 0.5) is 15.8 Å². The minimum Gasteiger partial charge on any atom is -0.352 e. The van der Waals surface area contributed by atoms with Crippen molar-refractivity contribution in [1.29, 1.82) is 0 Å². The molecule has 8 heteroatoms. The van der Waals surface area contributed by atoms with E-state index in [1.165, 1.54) is 0 Å². The van der Waals surface area contributed by atoms with Crippen molar-refractivity contribution in [3.05, 3.63) is 53.1 Å². The largest absolute Gasteiger partial charge is 0.352 e. The fourth-order valence-corrected chi connectivity index (χ4v) is 3.93. The number of aromatic nitrogens is 2. The van der Waals surface area contributed by atoms with Crippen molar-refractivity contribution < 1.29 is 14.0 Å². The van der Waals surface area contributed by atoms with E-state index < -0.39 is 11.7 Å². The summed E-state index contributed by atoms with van der Waals surface area (Å²) < 4.78 is 17.7. The molecule has 0 radical (unpaired) electrons. The van der Waals surface area contributed by atoms with E-state index >= 15 is 4.39 Å². The number of fused-ring (bicyclic) bond motifs is 1. The summed E-state index contributed by atoms with van der Waals surface area (Å²) >= 11 is 0. The number of hydroxylamine groups is 1. The van der Waals surface area contributed by atoms with E-state index in [-0.39, 0.29) is 16.8 Å². The highest BCUT2D eigenvalue weighted by atomic mass is 19.1. The maximum Gasteiger partial charge on any atom is 0.277 e. The molecule has 3 N–H and O–H groups in total. The number of benzene rings is 2. The Morgan fingerprint density at radius 2 is 2.06 bits per heavy atom. The molecule has 1 heterocycles. The molecule has 0 unspecified atom stereocenters. The molecular formula is C26H34FN5O2. The Hall–Kier alpha value is -2.97. The van der Waals surface area contributed by atoms with Crippen LogP contribution in [0.15, 0.2) is 30.6 Å². The van der Waals surface area contributed by atoms with Crippen LogP contribution < -0.4 is 16.1 Å². The van der Waals surface area contributed by atoms with Crippen LogP contribution in [0, 0.1) is 25.6 Å². The molecule has 0 atom stereocenters. The lowest BCUT2D eigenvalue weighted by molar-refractivity contribution is 0.0271. The molecule has 4 rings (SSSR count). The fraction of sp³-hybridized carbons (Fsp3) is 0.462. The van der Waals surface area contributed by atoms with Crippen molar-refractivity contribution in [3.8, 4) is 0 Å². The van der Waals surface area contributed by atoms with Crippen LogP contribution in [-0.2, 0) is 11.4 Å². The molecule has 0 aliphatic heterocycles. The van der Waals surface area contributed by atoms with Gasteiger partial charge in [0.1, 0.15) is 5.52 Å². The minimum atomic E-state index is -0.552. The standard InChI is InChI=1S/C26H34FN5O2/c1-16(2)28-10-5-11-32-15-29-25-22(32)13-20(26(33)31-34-14-19-7-8-19)24(23(25)27)30-21-9-6-17(3)12-18(21)4/h6,9,12-13,15-16,19,28,30H,5,7-8,10-11,14H2,1-4H3,(H,31,33). The lowest BCUT2D eigenvalue weighted by atomic mass is 10.1.